The highest BCUT2D eigenvalue weighted by Gasteiger charge is 2.30. The maximum absolute atomic E-state index is 11.6. The first-order chi connectivity index (χ1) is 8.67. The van der Waals surface area contributed by atoms with Gasteiger partial charge in [-0.05, 0) is 6.92 Å². The van der Waals surface area contributed by atoms with Gasteiger partial charge >= 0.3 is 11.9 Å². The normalized spacial score (nSPS) is 17.6. The molecule has 2 heterocycles. The number of hydrogen-bond donors (Lipinski definition) is 1. The summed E-state index contributed by atoms with van der Waals surface area (Å²) in [7, 11) is 1.28. The molecule has 8 heteroatoms. The summed E-state index contributed by atoms with van der Waals surface area (Å²) in [5, 5.41) is 10.5. The van der Waals surface area contributed by atoms with Crippen LogP contribution in [0.4, 0.5) is 5.82 Å². The lowest BCUT2D eigenvalue weighted by atomic mass is 10.1. The van der Waals surface area contributed by atoms with Crippen LogP contribution in [0.3, 0.4) is 0 Å². The van der Waals surface area contributed by atoms with Crippen LogP contribution >= 0.6 is 0 Å². The van der Waals surface area contributed by atoms with E-state index < -0.39 is 5.97 Å². The Kier molecular flexibility index (Phi) is 3.45. The van der Waals surface area contributed by atoms with Gasteiger partial charge in [-0.2, -0.15) is 0 Å². The molecule has 0 fully saturated rings. The Morgan fingerprint density at radius 2 is 2.33 bits per heavy atom. The standard InChI is InChI=1S/C10H14N4O4/c1-3-18-9(15)6-4-11-8-7(10(16)17-2)12-13-14(8)5-6/h6,11H,3-5H2,1-2H3. The second kappa shape index (κ2) is 5.03. The second-order valence-corrected chi connectivity index (χ2v) is 3.79. The summed E-state index contributed by atoms with van der Waals surface area (Å²) in [5.74, 6) is -0.698. The molecule has 98 valence electrons. The molecule has 1 aromatic heterocycles. The van der Waals surface area contributed by atoms with Crippen LogP contribution in [-0.4, -0.2) is 47.2 Å². The van der Waals surface area contributed by atoms with E-state index in [1.807, 2.05) is 0 Å². The lowest BCUT2D eigenvalue weighted by Crippen LogP contribution is -2.35. The maximum Gasteiger partial charge on any atom is 0.362 e. The van der Waals surface area contributed by atoms with Crippen LogP contribution < -0.4 is 5.32 Å². The third-order valence-electron chi connectivity index (χ3n) is 2.64. The SMILES string of the molecule is CCOC(=O)C1CNc2c(C(=O)OC)nnn2C1. The average molecular weight is 254 g/mol. The minimum Gasteiger partial charge on any atom is -0.466 e. The van der Waals surface area contributed by atoms with Crippen molar-refractivity contribution < 1.29 is 19.1 Å². The van der Waals surface area contributed by atoms with Crippen LogP contribution in [0.15, 0.2) is 0 Å². The molecular formula is C10H14N4O4. The Hall–Kier alpha value is -2.12. The third-order valence-corrected chi connectivity index (χ3v) is 2.64. The molecule has 0 bridgehead atoms. The van der Waals surface area contributed by atoms with Gasteiger partial charge in [0.1, 0.15) is 0 Å². The molecule has 1 aliphatic rings. The van der Waals surface area contributed by atoms with Crippen LogP contribution in [0.5, 0.6) is 0 Å². The Morgan fingerprint density at radius 1 is 1.56 bits per heavy atom. The number of anilines is 1. The highest BCUT2D eigenvalue weighted by atomic mass is 16.5. The van der Waals surface area contributed by atoms with Crippen molar-refractivity contribution in [2.24, 2.45) is 5.92 Å². The first-order valence-corrected chi connectivity index (χ1v) is 5.59. The Labute approximate surface area is 103 Å². The van der Waals surface area contributed by atoms with Crippen molar-refractivity contribution in [3.63, 3.8) is 0 Å². The monoisotopic (exact) mass is 254 g/mol. The molecule has 0 radical (unpaired) electrons. The number of fused-ring (bicyclic) bond motifs is 1. The predicted molar refractivity (Wildman–Crippen MR) is 60.0 cm³/mol. The Balaban J connectivity index is 2.14. The maximum atomic E-state index is 11.6. The number of carbonyl (C=O) groups excluding carboxylic acids is 2. The quantitative estimate of drug-likeness (QED) is 0.738. The molecule has 0 aromatic carbocycles. The number of esters is 2. The molecule has 0 amide bonds. The number of carbonyl (C=O) groups is 2. The van der Waals surface area contributed by atoms with Gasteiger partial charge in [-0.25, -0.2) is 9.48 Å². The highest BCUT2D eigenvalue weighted by molar-refractivity contribution is 5.92. The van der Waals surface area contributed by atoms with Gasteiger partial charge in [0.2, 0.25) is 5.69 Å². The van der Waals surface area contributed by atoms with Crippen LogP contribution in [0.1, 0.15) is 17.4 Å². The molecule has 8 nitrogen and oxygen atoms in total. The zero-order valence-corrected chi connectivity index (χ0v) is 10.2. The fourth-order valence-corrected chi connectivity index (χ4v) is 1.76. The van der Waals surface area contributed by atoms with Gasteiger partial charge in [-0.15, -0.1) is 5.10 Å². The van der Waals surface area contributed by atoms with Crippen LogP contribution in [0.25, 0.3) is 0 Å². The molecule has 1 aromatic rings. The first kappa shape index (κ1) is 12.3. The molecule has 2 rings (SSSR count). The lowest BCUT2D eigenvalue weighted by molar-refractivity contribution is -0.148. The lowest BCUT2D eigenvalue weighted by Gasteiger charge is -2.22. The van der Waals surface area contributed by atoms with Crippen molar-refractivity contribution in [3.05, 3.63) is 5.69 Å². The van der Waals surface area contributed by atoms with E-state index in [0.29, 0.717) is 25.5 Å². The van der Waals surface area contributed by atoms with E-state index >= 15 is 0 Å². The number of hydrogen-bond acceptors (Lipinski definition) is 7. The number of ether oxygens (including phenoxy) is 2. The number of nitrogens with zero attached hydrogens (tertiary/aromatic N) is 3. The van der Waals surface area contributed by atoms with Gasteiger partial charge in [0.05, 0.1) is 26.2 Å². The van der Waals surface area contributed by atoms with Gasteiger partial charge in [-0.3, -0.25) is 4.79 Å². The minimum atomic E-state index is -0.557. The first-order valence-electron chi connectivity index (χ1n) is 5.59. The molecule has 0 saturated heterocycles. The molecule has 0 spiro atoms. The summed E-state index contributed by atoms with van der Waals surface area (Å²) in [4.78, 5) is 23.0. The van der Waals surface area contributed by atoms with E-state index in [1.165, 1.54) is 11.8 Å². The second-order valence-electron chi connectivity index (χ2n) is 3.79. The summed E-state index contributed by atoms with van der Waals surface area (Å²) in [6.45, 7) is 2.82. The molecule has 0 aliphatic carbocycles. The van der Waals surface area contributed by atoms with Crippen molar-refractivity contribution in [1.82, 2.24) is 15.0 Å². The Morgan fingerprint density at radius 3 is 3.00 bits per heavy atom. The van der Waals surface area contributed by atoms with Crippen LogP contribution in [-0.2, 0) is 20.8 Å². The van der Waals surface area contributed by atoms with E-state index in [0.717, 1.165) is 0 Å². The van der Waals surface area contributed by atoms with Gasteiger partial charge in [0.25, 0.3) is 0 Å². The molecule has 1 N–H and O–H groups in total. The topological polar surface area (TPSA) is 95.3 Å². The zero-order valence-electron chi connectivity index (χ0n) is 10.2. The molecular weight excluding hydrogens is 240 g/mol. The Bertz CT molecular complexity index is 470. The van der Waals surface area contributed by atoms with E-state index in [2.05, 4.69) is 20.4 Å². The molecule has 1 unspecified atom stereocenters. The fourth-order valence-electron chi connectivity index (χ4n) is 1.76. The smallest absolute Gasteiger partial charge is 0.362 e. The zero-order chi connectivity index (χ0) is 13.1. The average Bonchev–Trinajstić information content (AvgIpc) is 2.81. The van der Waals surface area contributed by atoms with E-state index in [4.69, 9.17) is 4.74 Å². The minimum absolute atomic E-state index is 0.125. The number of nitrogens with one attached hydrogen (secondary N) is 1. The van der Waals surface area contributed by atoms with Gasteiger partial charge in [0, 0.05) is 6.54 Å². The summed E-state index contributed by atoms with van der Waals surface area (Å²) < 4.78 is 11.0. The highest BCUT2D eigenvalue weighted by Crippen LogP contribution is 2.21. The summed E-state index contributed by atoms with van der Waals surface area (Å²) in [6, 6.07) is 0. The largest absolute Gasteiger partial charge is 0.466 e. The molecule has 18 heavy (non-hydrogen) atoms. The van der Waals surface area contributed by atoms with Gasteiger partial charge in [-0.1, -0.05) is 5.21 Å². The summed E-state index contributed by atoms with van der Waals surface area (Å²) in [5.41, 5.74) is 0.125. The van der Waals surface area contributed by atoms with E-state index in [-0.39, 0.29) is 17.6 Å². The summed E-state index contributed by atoms with van der Waals surface area (Å²) >= 11 is 0. The molecule has 1 aliphatic heterocycles. The van der Waals surface area contributed by atoms with Crippen molar-refractivity contribution in [2.75, 3.05) is 25.6 Å². The number of methoxy groups -OCH3 is 1. The van der Waals surface area contributed by atoms with Crippen molar-refractivity contribution in [2.45, 2.75) is 13.5 Å². The number of aromatic nitrogens is 3. The van der Waals surface area contributed by atoms with Crippen molar-refractivity contribution in [3.8, 4) is 0 Å². The molecule has 1 atom stereocenters. The third kappa shape index (κ3) is 2.13. The van der Waals surface area contributed by atoms with Crippen molar-refractivity contribution >= 4 is 17.8 Å². The summed E-state index contributed by atoms with van der Waals surface area (Å²) in [6.07, 6.45) is 0. The van der Waals surface area contributed by atoms with E-state index in [9.17, 15) is 9.59 Å². The van der Waals surface area contributed by atoms with Crippen LogP contribution in [0, 0.1) is 5.92 Å². The van der Waals surface area contributed by atoms with Crippen LogP contribution in [0.2, 0.25) is 0 Å². The van der Waals surface area contributed by atoms with Crippen molar-refractivity contribution in [1.29, 1.82) is 0 Å². The molecule has 0 saturated carbocycles. The predicted octanol–water partition coefficient (Wildman–Crippen LogP) is -0.331. The van der Waals surface area contributed by atoms with Gasteiger partial charge < -0.3 is 14.8 Å². The fraction of sp³-hybridized carbons (Fsp3) is 0.600. The van der Waals surface area contributed by atoms with Gasteiger partial charge in [0.15, 0.2) is 5.82 Å². The number of rotatable bonds is 3. The van der Waals surface area contributed by atoms with E-state index in [1.54, 1.807) is 6.92 Å².